The molecule has 3 rings (SSSR count). The summed E-state index contributed by atoms with van der Waals surface area (Å²) >= 11 is 0. The van der Waals surface area contributed by atoms with Crippen molar-refractivity contribution in [2.45, 2.75) is 37.1 Å². The first kappa shape index (κ1) is 17.4. The molecule has 2 amide bonds. The molecular weight excluding hydrogens is 348 g/mol. The number of rotatable bonds is 3. The van der Waals surface area contributed by atoms with Gasteiger partial charge in [0, 0.05) is 18.7 Å². The summed E-state index contributed by atoms with van der Waals surface area (Å²) in [4.78, 5) is 37.3. The second-order valence-corrected chi connectivity index (χ2v) is 7.86. The molecule has 1 unspecified atom stereocenters. The first-order valence-corrected chi connectivity index (χ1v) is 9.48. The lowest BCUT2D eigenvalue weighted by Crippen LogP contribution is -2.48. The maximum atomic E-state index is 12.7. The third-order valence-corrected chi connectivity index (χ3v) is 6.49. The smallest absolute Gasteiger partial charge is 0.326 e. The third kappa shape index (κ3) is 2.68. The second kappa shape index (κ2) is 6.14. The van der Waals surface area contributed by atoms with Crippen LogP contribution in [0.3, 0.4) is 0 Å². The Morgan fingerprint density at radius 3 is 2.64 bits per heavy atom. The Kier molecular flexibility index (Phi) is 4.28. The normalized spacial score (nSPS) is 22.0. The zero-order valence-corrected chi connectivity index (χ0v) is 14.5. The van der Waals surface area contributed by atoms with Gasteiger partial charge in [-0.1, -0.05) is 0 Å². The Labute approximate surface area is 145 Å². The molecule has 1 aromatic carbocycles. The Hall–Kier alpha value is -2.42. The van der Waals surface area contributed by atoms with Gasteiger partial charge in [-0.25, -0.2) is 17.5 Å². The minimum Gasteiger partial charge on any atom is -0.480 e. The van der Waals surface area contributed by atoms with Crippen LogP contribution in [0.4, 0.5) is 0 Å². The molecule has 1 N–H and O–H groups in total. The van der Waals surface area contributed by atoms with E-state index in [0.29, 0.717) is 19.4 Å². The highest BCUT2D eigenvalue weighted by atomic mass is 32.2. The van der Waals surface area contributed by atoms with Crippen molar-refractivity contribution in [1.29, 1.82) is 0 Å². The van der Waals surface area contributed by atoms with Gasteiger partial charge in [0.1, 0.15) is 10.9 Å². The summed E-state index contributed by atoms with van der Waals surface area (Å²) in [5.74, 6) is -2.22. The van der Waals surface area contributed by atoms with E-state index < -0.39 is 33.8 Å². The zero-order chi connectivity index (χ0) is 18.4. The van der Waals surface area contributed by atoms with Crippen molar-refractivity contribution in [3.63, 3.8) is 0 Å². The van der Waals surface area contributed by atoms with Gasteiger partial charge in [-0.05, 0) is 44.4 Å². The van der Waals surface area contributed by atoms with Gasteiger partial charge in [-0.3, -0.25) is 9.59 Å². The number of nitrogens with zero attached hydrogens (tertiary/aromatic N) is 2. The second-order valence-electron chi connectivity index (χ2n) is 6.03. The molecule has 2 aliphatic rings. The van der Waals surface area contributed by atoms with Crippen molar-refractivity contribution in [1.82, 2.24) is 9.21 Å². The van der Waals surface area contributed by atoms with Crippen molar-refractivity contribution in [2.24, 2.45) is 0 Å². The number of carbonyl (C=O) groups is 3. The van der Waals surface area contributed by atoms with Gasteiger partial charge < -0.3 is 10.0 Å². The molecule has 0 aromatic heterocycles. The van der Waals surface area contributed by atoms with Gasteiger partial charge in [0.2, 0.25) is 0 Å². The molecule has 134 valence electrons. The predicted molar refractivity (Wildman–Crippen MR) is 86.6 cm³/mol. The molecule has 1 fully saturated rings. The molecule has 1 saturated heterocycles. The fraction of sp³-hybridized carbons (Fsp3) is 0.438. The Balaban J connectivity index is 2.00. The molecule has 2 heterocycles. The van der Waals surface area contributed by atoms with Gasteiger partial charge in [0.05, 0.1) is 5.56 Å². The van der Waals surface area contributed by atoms with Crippen molar-refractivity contribution in [3.05, 3.63) is 29.3 Å². The van der Waals surface area contributed by atoms with Crippen LogP contribution in [-0.4, -0.2) is 59.6 Å². The van der Waals surface area contributed by atoms with E-state index in [4.69, 9.17) is 0 Å². The lowest BCUT2D eigenvalue weighted by molar-refractivity contribution is -0.143. The van der Waals surface area contributed by atoms with Crippen LogP contribution in [0.5, 0.6) is 0 Å². The lowest BCUT2D eigenvalue weighted by Gasteiger charge is -2.33. The number of aliphatic carboxylic acids is 1. The molecule has 25 heavy (non-hydrogen) atoms. The highest BCUT2D eigenvalue weighted by Crippen LogP contribution is 2.31. The molecule has 0 radical (unpaired) electrons. The molecule has 0 saturated carbocycles. The number of amides is 2. The molecule has 8 nitrogen and oxygen atoms in total. The average molecular weight is 366 g/mol. The topological polar surface area (TPSA) is 112 Å². The Bertz CT molecular complexity index is 863. The predicted octanol–water partition coefficient (Wildman–Crippen LogP) is 0.930. The number of hydrogen-bond acceptors (Lipinski definition) is 5. The lowest BCUT2D eigenvalue weighted by atomic mass is 10.0. The fourth-order valence-corrected chi connectivity index (χ4v) is 4.92. The van der Waals surface area contributed by atoms with Gasteiger partial charge in [0.25, 0.3) is 21.8 Å². The minimum absolute atomic E-state index is 0.00629. The summed E-state index contributed by atoms with van der Waals surface area (Å²) in [6, 6.07) is 2.95. The summed E-state index contributed by atoms with van der Waals surface area (Å²) in [6.45, 7) is 1.87. The molecular formula is C16H18N2O6S. The number of fused-ring (bicyclic) bond motifs is 1. The van der Waals surface area contributed by atoms with E-state index in [-0.39, 0.29) is 22.6 Å². The Morgan fingerprint density at radius 2 is 2.00 bits per heavy atom. The van der Waals surface area contributed by atoms with E-state index in [1.54, 1.807) is 6.92 Å². The van der Waals surface area contributed by atoms with Crippen LogP contribution in [0, 0.1) is 0 Å². The van der Waals surface area contributed by atoms with Crippen LogP contribution >= 0.6 is 0 Å². The molecule has 9 heteroatoms. The number of piperidine rings is 1. The first-order chi connectivity index (χ1) is 11.8. The van der Waals surface area contributed by atoms with E-state index in [9.17, 15) is 27.9 Å². The van der Waals surface area contributed by atoms with Gasteiger partial charge in [-0.2, -0.15) is 0 Å². The van der Waals surface area contributed by atoms with E-state index >= 15 is 0 Å². The van der Waals surface area contributed by atoms with Gasteiger partial charge >= 0.3 is 5.97 Å². The van der Waals surface area contributed by atoms with Crippen molar-refractivity contribution in [2.75, 3.05) is 13.1 Å². The number of carboxylic acids is 1. The van der Waals surface area contributed by atoms with Crippen LogP contribution in [0.1, 0.15) is 46.9 Å². The van der Waals surface area contributed by atoms with Crippen molar-refractivity contribution < 1.29 is 27.9 Å². The highest BCUT2D eigenvalue weighted by molar-refractivity contribution is 7.90. The SMILES string of the molecule is CCN1C(=O)c2ccc(C(=O)N3CCCCC3C(=O)O)cc2S1(=O)=O. The van der Waals surface area contributed by atoms with Crippen molar-refractivity contribution >= 4 is 27.8 Å². The average Bonchev–Trinajstić information content (AvgIpc) is 2.79. The van der Waals surface area contributed by atoms with E-state index in [1.807, 2.05) is 0 Å². The maximum absolute atomic E-state index is 12.7. The van der Waals surface area contributed by atoms with Crippen LogP contribution in [-0.2, 0) is 14.8 Å². The monoisotopic (exact) mass is 366 g/mol. The molecule has 0 aliphatic carbocycles. The van der Waals surface area contributed by atoms with Gasteiger partial charge in [0.15, 0.2) is 0 Å². The van der Waals surface area contributed by atoms with E-state index in [1.165, 1.54) is 23.1 Å². The number of carboxylic acid groups (broad SMARTS) is 1. The standard InChI is InChI=1S/C16H18N2O6S/c1-2-18-15(20)11-7-6-10(9-13(11)25(18,23)24)14(19)17-8-4-3-5-12(17)16(21)22/h6-7,9,12H,2-5,8H2,1H3,(H,21,22). The first-order valence-electron chi connectivity index (χ1n) is 8.04. The van der Waals surface area contributed by atoms with Crippen LogP contribution in [0.15, 0.2) is 23.1 Å². The van der Waals surface area contributed by atoms with Crippen LogP contribution in [0.2, 0.25) is 0 Å². The molecule has 1 aromatic rings. The summed E-state index contributed by atoms with van der Waals surface area (Å²) in [7, 11) is -3.97. The summed E-state index contributed by atoms with van der Waals surface area (Å²) in [6.07, 6.45) is 1.78. The highest BCUT2D eigenvalue weighted by Gasteiger charge is 2.41. The zero-order valence-electron chi connectivity index (χ0n) is 13.6. The Morgan fingerprint density at radius 1 is 1.28 bits per heavy atom. The van der Waals surface area contributed by atoms with Crippen molar-refractivity contribution in [3.8, 4) is 0 Å². The molecule has 1 atom stereocenters. The summed E-state index contributed by atoms with van der Waals surface area (Å²) in [5, 5.41) is 9.30. The molecule has 2 aliphatic heterocycles. The number of likely N-dealkylation sites (tertiary alicyclic amines) is 1. The molecule has 0 bridgehead atoms. The largest absolute Gasteiger partial charge is 0.480 e. The van der Waals surface area contributed by atoms with Crippen LogP contribution < -0.4 is 0 Å². The number of hydrogen-bond donors (Lipinski definition) is 1. The maximum Gasteiger partial charge on any atom is 0.326 e. The number of benzene rings is 1. The summed E-state index contributed by atoms with van der Waals surface area (Å²) < 4.78 is 25.6. The van der Waals surface area contributed by atoms with E-state index in [0.717, 1.165) is 10.7 Å². The van der Waals surface area contributed by atoms with Gasteiger partial charge in [-0.15, -0.1) is 0 Å². The quantitative estimate of drug-likeness (QED) is 0.852. The number of carbonyl (C=O) groups excluding carboxylic acids is 2. The van der Waals surface area contributed by atoms with Crippen LogP contribution in [0.25, 0.3) is 0 Å². The molecule has 0 spiro atoms. The third-order valence-electron chi connectivity index (χ3n) is 4.59. The fourth-order valence-electron chi connectivity index (χ4n) is 3.32. The van der Waals surface area contributed by atoms with E-state index in [2.05, 4.69) is 0 Å². The minimum atomic E-state index is -3.97. The number of sulfonamides is 1. The summed E-state index contributed by atoms with van der Waals surface area (Å²) in [5.41, 5.74) is 0.105.